The summed E-state index contributed by atoms with van der Waals surface area (Å²) in [5, 5.41) is 0. The molecule has 0 radical (unpaired) electrons. The highest BCUT2D eigenvalue weighted by atomic mass is 32.2. The van der Waals surface area contributed by atoms with E-state index in [1.54, 1.807) is 25.3 Å². The minimum absolute atomic E-state index is 0.308. The molecule has 0 aromatic heterocycles. The summed E-state index contributed by atoms with van der Waals surface area (Å²) in [5.41, 5.74) is 0.944. The molecular weight excluding hydrogens is 352 g/mol. The van der Waals surface area contributed by atoms with Crippen LogP contribution in [-0.2, 0) is 16.6 Å². The Labute approximate surface area is 156 Å². The number of nitrogens with zero attached hydrogens (tertiary/aromatic N) is 2. The van der Waals surface area contributed by atoms with Crippen molar-refractivity contribution in [1.29, 1.82) is 0 Å². The predicted octanol–water partition coefficient (Wildman–Crippen LogP) is 2.46. The minimum atomic E-state index is -3.41. The Morgan fingerprint density at radius 2 is 1.62 bits per heavy atom. The summed E-state index contributed by atoms with van der Waals surface area (Å²) in [7, 11) is 3.26. The summed E-state index contributed by atoms with van der Waals surface area (Å²) in [6.07, 6.45) is 0. The Morgan fingerprint density at radius 3 is 2.23 bits per heavy atom. The molecule has 6 nitrogen and oxygen atoms in total. The van der Waals surface area contributed by atoms with E-state index in [-0.39, 0.29) is 0 Å². The number of methoxy groups -OCH3 is 1. The third-order valence-electron chi connectivity index (χ3n) is 3.93. The molecule has 0 aliphatic carbocycles. The summed E-state index contributed by atoms with van der Waals surface area (Å²) in [6.45, 7) is 1.90. The first-order valence-corrected chi connectivity index (χ1v) is 9.74. The average molecular weight is 378 g/mol. The zero-order valence-electron chi connectivity index (χ0n) is 15.7. The first kappa shape index (κ1) is 20.2. The van der Waals surface area contributed by atoms with Crippen molar-refractivity contribution in [1.82, 2.24) is 9.21 Å². The van der Waals surface area contributed by atoms with Crippen molar-refractivity contribution < 1.29 is 17.9 Å². The SMILES string of the molecule is COc1ccc(OCCN(C)Cc2cccc(S(=O)(=O)N(C)C)c2)cc1. The molecule has 0 amide bonds. The first-order chi connectivity index (χ1) is 12.3. The lowest BCUT2D eigenvalue weighted by Crippen LogP contribution is -2.25. The van der Waals surface area contributed by atoms with Crippen molar-refractivity contribution in [2.75, 3.05) is 41.4 Å². The highest BCUT2D eigenvalue weighted by Gasteiger charge is 2.17. The highest BCUT2D eigenvalue weighted by molar-refractivity contribution is 7.89. The van der Waals surface area contributed by atoms with Crippen molar-refractivity contribution in [3.05, 3.63) is 54.1 Å². The van der Waals surface area contributed by atoms with Gasteiger partial charge in [-0.1, -0.05) is 12.1 Å². The van der Waals surface area contributed by atoms with Gasteiger partial charge in [-0.2, -0.15) is 0 Å². The van der Waals surface area contributed by atoms with Gasteiger partial charge in [-0.15, -0.1) is 0 Å². The maximum absolute atomic E-state index is 12.2. The van der Waals surface area contributed by atoms with Crippen LogP contribution < -0.4 is 9.47 Å². The van der Waals surface area contributed by atoms with Crippen molar-refractivity contribution in [2.45, 2.75) is 11.4 Å². The molecule has 142 valence electrons. The van der Waals surface area contributed by atoms with Crippen LogP contribution >= 0.6 is 0 Å². The second kappa shape index (κ2) is 9.02. The summed E-state index contributed by atoms with van der Waals surface area (Å²) in [5.74, 6) is 1.58. The van der Waals surface area contributed by atoms with Gasteiger partial charge in [-0.3, -0.25) is 4.90 Å². The molecule has 0 bridgehead atoms. The zero-order valence-corrected chi connectivity index (χ0v) is 16.5. The molecule has 26 heavy (non-hydrogen) atoms. The first-order valence-electron chi connectivity index (χ1n) is 8.30. The van der Waals surface area contributed by atoms with E-state index in [1.807, 2.05) is 37.4 Å². The average Bonchev–Trinajstić information content (AvgIpc) is 2.62. The van der Waals surface area contributed by atoms with Gasteiger partial charge in [0.05, 0.1) is 12.0 Å². The minimum Gasteiger partial charge on any atom is -0.497 e. The van der Waals surface area contributed by atoms with Crippen LogP contribution in [0.1, 0.15) is 5.56 Å². The van der Waals surface area contributed by atoms with Crippen molar-refractivity contribution in [3.63, 3.8) is 0 Å². The predicted molar refractivity (Wildman–Crippen MR) is 102 cm³/mol. The number of benzene rings is 2. The van der Waals surface area contributed by atoms with Gasteiger partial charge < -0.3 is 9.47 Å². The number of hydrogen-bond donors (Lipinski definition) is 0. The molecule has 0 heterocycles. The quantitative estimate of drug-likeness (QED) is 0.671. The van der Waals surface area contributed by atoms with Crippen LogP contribution in [0.25, 0.3) is 0 Å². The smallest absolute Gasteiger partial charge is 0.242 e. The van der Waals surface area contributed by atoms with Gasteiger partial charge in [0.2, 0.25) is 10.0 Å². The van der Waals surface area contributed by atoms with Gasteiger partial charge in [0.25, 0.3) is 0 Å². The number of likely N-dealkylation sites (N-methyl/N-ethyl adjacent to an activating group) is 1. The lowest BCUT2D eigenvalue weighted by Gasteiger charge is -2.18. The van der Waals surface area contributed by atoms with Crippen LogP contribution in [0.2, 0.25) is 0 Å². The molecular formula is C19H26N2O4S. The van der Waals surface area contributed by atoms with Gasteiger partial charge in [0.15, 0.2) is 0 Å². The van der Waals surface area contributed by atoms with Gasteiger partial charge in [0.1, 0.15) is 18.1 Å². The van der Waals surface area contributed by atoms with E-state index in [0.29, 0.717) is 18.0 Å². The second-order valence-electron chi connectivity index (χ2n) is 6.20. The standard InChI is InChI=1S/C19H26N2O4S/c1-20(2)26(22,23)19-7-5-6-16(14-19)15-21(3)12-13-25-18-10-8-17(24-4)9-11-18/h5-11,14H,12-13,15H2,1-4H3. The topological polar surface area (TPSA) is 59.1 Å². The number of ether oxygens (including phenoxy) is 2. The summed E-state index contributed by atoms with van der Waals surface area (Å²) < 4.78 is 36.5. The molecule has 7 heteroatoms. The molecule has 2 aromatic carbocycles. The molecule has 0 saturated heterocycles. The van der Waals surface area contributed by atoms with Crippen molar-refractivity contribution >= 4 is 10.0 Å². The van der Waals surface area contributed by atoms with E-state index in [1.165, 1.54) is 18.4 Å². The Kier molecular flexibility index (Phi) is 7.02. The Bertz CT molecular complexity index is 805. The van der Waals surface area contributed by atoms with Crippen LogP contribution in [-0.4, -0.2) is 59.0 Å². The molecule has 0 aliphatic rings. The van der Waals surface area contributed by atoms with E-state index >= 15 is 0 Å². The van der Waals surface area contributed by atoms with Crippen LogP contribution in [0.5, 0.6) is 11.5 Å². The molecule has 0 aliphatic heterocycles. The Hall–Kier alpha value is -2.09. The molecule has 2 rings (SSSR count). The molecule has 0 N–H and O–H groups in total. The van der Waals surface area contributed by atoms with E-state index in [2.05, 4.69) is 4.90 Å². The third-order valence-corrected chi connectivity index (χ3v) is 5.74. The number of rotatable bonds is 9. The fourth-order valence-corrected chi connectivity index (χ4v) is 3.37. The summed E-state index contributed by atoms with van der Waals surface area (Å²) in [4.78, 5) is 2.40. The number of sulfonamides is 1. The second-order valence-corrected chi connectivity index (χ2v) is 8.35. The van der Waals surface area contributed by atoms with Crippen molar-refractivity contribution in [3.8, 4) is 11.5 Å². The highest BCUT2D eigenvalue weighted by Crippen LogP contribution is 2.18. The Balaban J connectivity index is 1.88. The van der Waals surface area contributed by atoms with Gasteiger partial charge in [-0.25, -0.2) is 12.7 Å². The largest absolute Gasteiger partial charge is 0.497 e. The van der Waals surface area contributed by atoms with Crippen molar-refractivity contribution in [2.24, 2.45) is 0 Å². The molecule has 0 atom stereocenters. The van der Waals surface area contributed by atoms with Crippen LogP contribution in [0, 0.1) is 0 Å². The maximum atomic E-state index is 12.2. The molecule has 0 saturated carbocycles. The summed E-state index contributed by atoms with van der Waals surface area (Å²) >= 11 is 0. The maximum Gasteiger partial charge on any atom is 0.242 e. The van der Waals surface area contributed by atoms with E-state index in [0.717, 1.165) is 23.6 Å². The monoisotopic (exact) mass is 378 g/mol. The lowest BCUT2D eigenvalue weighted by atomic mass is 10.2. The molecule has 2 aromatic rings. The molecule has 0 spiro atoms. The van der Waals surface area contributed by atoms with Gasteiger partial charge in [0, 0.05) is 27.2 Å². The van der Waals surface area contributed by atoms with Crippen LogP contribution in [0.4, 0.5) is 0 Å². The van der Waals surface area contributed by atoms with Gasteiger partial charge in [-0.05, 0) is 49.0 Å². The zero-order chi connectivity index (χ0) is 19.2. The molecule has 0 unspecified atom stereocenters. The lowest BCUT2D eigenvalue weighted by molar-refractivity contribution is 0.232. The van der Waals surface area contributed by atoms with E-state index < -0.39 is 10.0 Å². The normalized spacial score (nSPS) is 11.8. The van der Waals surface area contributed by atoms with Crippen LogP contribution in [0.3, 0.4) is 0 Å². The fourth-order valence-electron chi connectivity index (χ4n) is 2.40. The Morgan fingerprint density at radius 1 is 0.962 bits per heavy atom. The van der Waals surface area contributed by atoms with Gasteiger partial charge >= 0.3 is 0 Å². The van der Waals surface area contributed by atoms with Crippen LogP contribution in [0.15, 0.2) is 53.4 Å². The number of hydrogen-bond acceptors (Lipinski definition) is 5. The molecule has 0 fully saturated rings. The van der Waals surface area contributed by atoms with E-state index in [4.69, 9.17) is 9.47 Å². The van der Waals surface area contributed by atoms with E-state index in [9.17, 15) is 8.42 Å². The third kappa shape index (κ3) is 5.45. The summed E-state index contributed by atoms with van der Waals surface area (Å²) in [6, 6.07) is 14.5. The fraction of sp³-hybridized carbons (Fsp3) is 0.368.